The lowest BCUT2D eigenvalue weighted by atomic mass is 10.0. The number of unbranched alkanes of at least 4 members (excludes halogenated alkanes) is 3. The highest BCUT2D eigenvalue weighted by molar-refractivity contribution is 6.32. The van der Waals surface area contributed by atoms with Crippen molar-refractivity contribution in [3.63, 3.8) is 0 Å². The number of ketones is 1. The standard InChI is InChI=1S/C16H22O5/c1-20-14-10-9-12(11-15(14)21-2)7-5-3-4-6-8-13(17)16(18)19/h9-11H,3-8H2,1-2H3,(H,18,19). The molecule has 0 aliphatic carbocycles. The maximum absolute atomic E-state index is 10.9. The lowest BCUT2D eigenvalue weighted by molar-refractivity contribution is -0.149. The number of aryl methyl sites for hydroxylation is 1. The van der Waals surface area contributed by atoms with Gasteiger partial charge in [0.2, 0.25) is 5.78 Å². The van der Waals surface area contributed by atoms with Gasteiger partial charge < -0.3 is 14.6 Å². The molecule has 0 amide bonds. The van der Waals surface area contributed by atoms with Crippen molar-refractivity contribution in [2.24, 2.45) is 0 Å². The summed E-state index contributed by atoms with van der Waals surface area (Å²) < 4.78 is 10.4. The van der Waals surface area contributed by atoms with Crippen LogP contribution in [0.3, 0.4) is 0 Å². The van der Waals surface area contributed by atoms with Gasteiger partial charge in [-0.1, -0.05) is 18.9 Å². The Bertz CT molecular complexity index is 482. The number of methoxy groups -OCH3 is 2. The monoisotopic (exact) mass is 294 g/mol. The van der Waals surface area contributed by atoms with E-state index in [1.165, 1.54) is 5.56 Å². The van der Waals surface area contributed by atoms with Gasteiger partial charge in [0.15, 0.2) is 11.5 Å². The molecule has 0 bridgehead atoms. The zero-order valence-corrected chi connectivity index (χ0v) is 12.6. The van der Waals surface area contributed by atoms with E-state index in [1.807, 2.05) is 18.2 Å². The second-order valence-electron chi connectivity index (χ2n) is 4.83. The zero-order chi connectivity index (χ0) is 15.7. The number of aliphatic carboxylic acids is 1. The fourth-order valence-corrected chi connectivity index (χ4v) is 2.11. The average molecular weight is 294 g/mol. The number of hydrogen-bond donors (Lipinski definition) is 1. The van der Waals surface area contributed by atoms with E-state index in [-0.39, 0.29) is 6.42 Å². The Hall–Kier alpha value is -2.04. The third-order valence-electron chi connectivity index (χ3n) is 3.31. The topological polar surface area (TPSA) is 72.8 Å². The summed E-state index contributed by atoms with van der Waals surface area (Å²) in [6.07, 6.45) is 4.53. The molecule has 21 heavy (non-hydrogen) atoms. The van der Waals surface area contributed by atoms with Crippen LogP contribution in [0.1, 0.15) is 37.7 Å². The summed E-state index contributed by atoms with van der Waals surface area (Å²) in [4.78, 5) is 21.2. The second-order valence-corrected chi connectivity index (χ2v) is 4.83. The van der Waals surface area contributed by atoms with Crippen molar-refractivity contribution in [3.8, 4) is 11.5 Å². The van der Waals surface area contributed by atoms with Crippen LogP contribution < -0.4 is 9.47 Å². The van der Waals surface area contributed by atoms with E-state index in [2.05, 4.69) is 0 Å². The minimum atomic E-state index is -1.33. The van der Waals surface area contributed by atoms with Crippen LogP contribution in [0.25, 0.3) is 0 Å². The number of carbonyl (C=O) groups excluding carboxylic acids is 1. The van der Waals surface area contributed by atoms with Gasteiger partial charge in [0.1, 0.15) is 0 Å². The van der Waals surface area contributed by atoms with Crippen LogP contribution in [-0.2, 0) is 16.0 Å². The Morgan fingerprint density at radius 1 is 1.00 bits per heavy atom. The molecule has 5 nitrogen and oxygen atoms in total. The molecule has 116 valence electrons. The quantitative estimate of drug-likeness (QED) is 0.530. The van der Waals surface area contributed by atoms with Gasteiger partial charge >= 0.3 is 5.97 Å². The number of benzene rings is 1. The van der Waals surface area contributed by atoms with Gasteiger partial charge in [-0.15, -0.1) is 0 Å². The second kappa shape index (κ2) is 9.00. The third kappa shape index (κ3) is 5.85. The first-order chi connectivity index (χ1) is 10.1. The molecule has 0 aliphatic heterocycles. The molecule has 1 rings (SSSR count). The van der Waals surface area contributed by atoms with Gasteiger partial charge in [-0.2, -0.15) is 0 Å². The molecule has 0 fully saturated rings. The van der Waals surface area contributed by atoms with Crippen LogP contribution in [0, 0.1) is 0 Å². The zero-order valence-electron chi connectivity index (χ0n) is 12.6. The van der Waals surface area contributed by atoms with Crippen molar-refractivity contribution in [3.05, 3.63) is 23.8 Å². The minimum absolute atomic E-state index is 0.131. The van der Waals surface area contributed by atoms with Crippen molar-refractivity contribution in [1.29, 1.82) is 0 Å². The first-order valence-electron chi connectivity index (χ1n) is 7.05. The molecule has 0 saturated heterocycles. The lowest BCUT2D eigenvalue weighted by Gasteiger charge is -2.09. The van der Waals surface area contributed by atoms with Crippen LogP contribution >= 0.6 is 0 Å². The summed E-state index contributed by atoms with van der Waals surface area (Å²) in [6, 6.07) is 5.86. The van der Waals surface area contributed by atoms with E-state index >= 15 is 0 Å². The average Bonchev–Trinajstić information content (AvgIpc) is 2.49. The highest BCUT2D eigenvalue weighted by Crippen LogP contribution is 2.28. The molecule has 0 spiro atoms. The molecule has 0 atom stereocenters. The van der Waals surface area contributed by atoms with Crippen LogP contribution in [0.5, 0.6) is 11.5 Å². The summed E-state index contributed by atoms with van der Waals surface area (Å²) in [5.74, 6) is -0.592. The number of carboxylic acid groups (broad SMARTS) is 1. The van der Waals surface area contributed by atoms with Crippen LogP contribution in [0.4, 0.5) is 0 Å². The summed E-state index contributed by atoms with van der Waals surface area (Å²) in [5.41, 5.74) is 1.18. The molecule has 0 unspecified atom stereocenters. The number of carbonyl (C=O) groups is 2. The molecule has 1 N–H and O–H groups in total. The molecule has 0 aliphatic rings. The molecular formula is C16H22O5. The number of hydrogen-bond acceptors (Lipinski definition) is 4. The Balaban J connectivity index is 2.27. The van der Waals surface area contributed by atoms with E-state index in [0.717, 1.165) is 31.4 Å². The smallest absolute Gasteiger partial charge is 0.372 e. The van der Waals surface area contributed by atoms with E-state index in [4.69, 9.17) is 14.6 Å². The molecule has 5 heteroatoms. The Morgan fingerprint density at radius 3 is 2.29 bits per heavy atom. The summed E-state index contributed by atoms with van der Waals surface area (Å²) in [6.45, 7) is 0. The van der Waals surface area contributed by atoms with E-state index < -0.39 is 11.8 Å². The third-order valence-corrected chi connectivity index (χ3v) is 3.31. The number of Topliss-reactive ketones (excluding diaryl/α,β-unsaturated/α-hetero) is 1. The van der Waals surface area contributed by atoms with Crippen LogP contribution in [0.15, 0.2) is 18.2 Å². The molecule has 0 saturated carbocycles. The fraction of sp³-hybridized carbons (Fsp3) is 0.500. The van der Waals surface area contributed by atoms with Crippen molar-refractivity contribution in [2.75, 3.05) is 14.2 Å². The maximum Gasteiger partial charge on any atom is 0.372 e. The van der Waals surface area contributed by atoms with E-state index in [9.17, 15) is 9.59 Å². The molecular weight excluding hydrogens is 272 g/mol. The largest absolute Gasteiger partial charge is 0.493 e. The summed E-state index contributed by atoms with van der Waals surface area (Å²) in [7, 11) is 3.22. The van der Waals surface area contributed by atoms with E-state index in [0.29, 0.717) is 12.2 Å². The molecule has 1 aromatic rings. The van der Waals surface area contributed by atoms with Crippen molar-refractivity contribution < 1.29 is 24.2 Å². The van der Waals surface area contributed by atoms with Crippen LogP contribution in [0.2, 0.25) is 0 Å². The van der Waals surface area contributed by atoms with Crippen molar-refractivity contribution >= 4 is 11.8 Å². The summed E-state index contributed by atoms with van der Waals surface area (Å²) in [5, 5.41) is 8.45. The highest BCUT2D eigenvalue weighted by Gasteiger charge is 2.09. The first kappa shape index (κ1) is 17.0. The van der Waals surface area contributed by atoms with Gasteiger partial charge in [0.25, 0.3) is 0 Å². The van der Waals surface area contributed by atoms with Gasteiger partial charge in [-0.3, -0.25) is 4.79 Å². The minimum Gasteiger partial charge on any atom is -0.493 e. The first-order valence-corrected chi connectivity index (χ1v) is 7.05. The SMILES string of the molecule is COc1ccc(CCCCCCC(=O)C(=O)O)cc1OC. The highest BCUT2D eigenvalue weighted by atomic mass is 16.5. The number of ether oxygens (including phenoxy) is 2. The van der Waals surface area contributed by atoms with Crippen molar-refractivity contribution in [1.82, 2.24) is 0 Å². The van der Waals surface area contributed by atoms with Gasteiger partial charge in [0, 0.05) is 6.42 Å². The lowest BCUT2D eigenvalue weighted by Crippen LogP contribution is -2.11. The fourth-order valence-electron chi connectivity index (χ4n) is 2.11. The van der Waals surface area contributed by atoms with Gasteiger partial charge in [0.05, 0.1) is 14.2 Å². The Morgan fingerprint density at radius 2 is 1.67 bits per heavy atom. The summed E-state index contributed by atoms with van der Waals surface area (Å²) >= 11 is 0. The molecule has 0 heterocycles. The normalized spacial score (nSPS) is 10.2. The number of rotatable bonds is 10. The molecule has 1 aromatic carbocycles. The number of carboxylic acids is 1. The van der Waals surface area contributed by atoms with Crippen LogP contribution in [-0.4, -0.2) is 31.1 Å². The van der Waals surface area contributed by atoms with Gasteiger partial charge in [-0.25, -0.2) is 4.79 Å². The Kier molecular flexibility index (Phi) is 7.29. The maximum atomic E-state index is 10.9. The predicted molar refractivity (Wildman–Crippen MR) is 79.0 cm³/mol. The van der Waals surface area contributed by atoms with E-state index in [1.54, 1.807) is 14.2 Å². The van der Waals surface area contributed by atoms with Crippen molar-refractivity contribution in [2.45, 2.75) is 38.5 Å². The van der Waals surface area contributed by atoms with Gasteiger partial charge in [-0.05, 0) is 37.0 Å². The predicted octanol–water partition coefficient (Wildman–Crippen LogP) is 2.85. The Labute approximate surface area is 124 Å². The molecule has 0 aromatic heterocycles. The molecule has 0 radical (unpaired) electrons.